The number of aliphatic hydroxyl groups excluding tert-OH is 1. The first kappa shape index (κ1) is 43.5. The van der Waals surface area contributed by atoms with Gasteiger partial charge in [-0.25, -0.2) is 9.59 Å². The summed E-state index contributed by atoms with van der Waals surface area (Å²) in [7, 11) is 3.61. The average molecular weight is 811 g/mol. The molecule has 1 aromatic carbocycles. The molecule has 1 unspecified atom stereocenters. The summed E-state index contributed by atoms with van der Waals surface area (Å²) in [6.45, 7) is 12.1. The number of aromatic nitrogens is 1. The molecule has 3 fully saturated rings. The van der Waals surface area contributed by atoms with Crippen LogP contribution in [0.4, 0.5) is 13.6 Å². The molecule has 0 spiro atoms. The van der Waals surface area contributed by atoms with Crippen LogP contribution >= 0.6 is 0 Å². The number of Topliss-reactive ketones (excluding diaryl/α,β-unsaturated/α-hetero) is 1. The fraction of sp³-hybridized carbons (Fsp3) is 0.651. The van der Waals surface area contributed by atoms with E-state index in [1.807, 2.05) is 56.0 Å². The Bertz CT molecular complexity index is 1950. The lowest BCUT2D eigenvalue weighted by atomic mass is 9.73. The van der Waals surface area contributed by atoms with Gasteiger partial charge in [0.1, 0.15) is 18.8 Å². The fourth-order valence-corrected chi connectivity index (χ4v) is 9.51. The number of aliphatic hydroxyl groups is 1. The molecule has 0 aliphatic carbocycles. The van der Waals surface area contributed by atoms with Crippen LogP contribution in [0.5, 0.6) is 0 Å². The van der Waals surface area contributed by atoms with Gasteiger partial charge >= 0.3 is 18.0 Å². The van der Waals surface area contributed by atoms with Crippen molar-refractivity contribution in [3.8, 4) is 11.8 Å². The van der Waals surface area contributed by atoms with E-state index in [-0.39, 0.29) is 32.2 Å². The van der Waals surface area contributed by atoms with Gasteiger partial charge in [0, 0.05) is 59.1 Å². The Morgan fingerprint density at radius 2 is 1.78 bits per heavy atom. The maximum absolute atomic E-state index is 16.3. The van der Waals surface area contributed by atoms with Crippen molar-refractivity contribution in [3.05, 3.63) is 42.1 Å². The smallest absolute Gasteiger partial charge is 0.410 e. The molecule has 13 nitrogen and oxygen atoms in total. The van der Waals surface area contributed by atoms with Crippen LogP contribution in [-0.2, 0) is 33.3 Å². The molecule has 2 aromatic rings. The van der Waals surface area contributed by atoms with Crippen molar-refractivity contribution in [2.45, 2.75) is 122 Å². The molecule has 3 saturated heterocycles. The number of para-hydroxylation sites is 1. The summed E-state index contributed by atoms with van der Waals surface area (Å²) in [4.78, 5) is 53.8. The first-order valence-electron chi connectivity index (χ1n) is 20.2. The lowest BCUT2D eigenvalue weighted by molar-refractivity contribution is -0.282. The second kappa shape index (κ2) is 17.3. The molecule has 0 radical (unpaired) electrons. The van der Waals surface area contributed by atoms with E-state index in [9.17, 15) is 19.5 Å². The van der Waals surface area contributed by atoms with Gasteiger partial charge in [-0.1, -0.05) is 64.7 Å². The molecule has 0 saturated carbocycles. The monoisotopic (exact) mass is 810 g/mol. The van der Waals surface area contributed by atoms with Gasteiger partial charge in [-0.2, -0.15) is 8.78 Å². The number of pyridine rings is 1. The van der Waals surface area contributed by atoms with E-state index in [4.69, 9.17) is 28.7 Å². The fourth-order valence-electron chi connectivity index (χ4n) is 9.51. The molecule has 13 atom stereocenters. The molecule has 58 heavy (non-hydrogen) atoms. The van der Waals surface area contributed by atoms with Crippen molar-refractivity contribution < 1.29 is 52.0 Å². The van der Waals surface area contributed by atoms with Crippen LogP contribution in [0.15, 0.2) is 41.5 Å². The third-order valence-electron chi connectivity index (χ3n) is 12.5. The number of benzene rings is 1. The molecular formula is C43H56F2N4O9. The highest BCUT2D eigenvalue weighted by Crippen LogP contribution is 2.44. The second-order valence-electron chi connectivity index (χ2n) is 16.6. The number of fused-ring (bicyclic) bond motifs is 2. The number of carbonyl (C=O) groups is 3. The number of nitrogens with zero attached hydrogens (tertiary/aromatic N) is 4. The molecule has 6 rings (SSSR count). The summed E-state index contributed by atoms with van der Waals surface area (Å²) < 4.78 is 63.2. The number of cyclic esters (lactones) is 1. The zero-order valence-electron chi connectivity index (χ0n) is 34.7. The SMILES string of the molecule is CC[C@H]1OC(=O)C(F)(F)C(=O)[C@H](C)[C@@H](O[C@@H]2O[C@H](C)C[C@H](N(C)C)[C@H]2O)[C@@H](C)[C@@H](OCC#Cc2cnc3ccccc3c2)[C@@H](C)C2=NCCN3C(=O)O[C@@]1(C)C3[C@H]2C. The second-order valence-corrected chi connectivity index (χ2v) is 16.6. The van der Waals surface area contributed by atoms with Gasteiger partial charge < -0.3 is 33.7 Å². The highest BCUT2D eigenvalue weighted by Gasteiger charge is 2.62. The number of amides is 1. The van der Waals surface area contributed by atoms with Crippen LogP contribution < -0.4 is 0 Å². The first-order valence-corrected chi connectivity index (χ1v) is 20.2. The van der Waals surface area contributed by atoms with E-state index in [0.29, 0.717) is 17.7 Å². The van der Waals surface area contributed by atoms with Crippen molar-refractivity contribution in [1.82, 2.24) is 14.8 Å². The molecule has 1 aromatic heterocycles. The number of hydrogen-bond donors (Lipinski definition) is 1. The highest BCUT2D eigenvalue weighted by atomic mass is 19.3. The van der Waals surface area contributed by atoms with E-state index in [1.165, 1.54) is 11.8 Å². The summed E-state index contributed by atoms with van der Waals surface area (Å²) in [5.74, 6) is -5.83. The minimum Gasteiger partial charge on any atom is -0.453 e. The number of ether oxygens (including phenoxy) is 5. The van der Waals surface area contributed by atoms with Gasteiger partial charge in [-0.3, -0.25) is 19.7 Å². The minimum atomic E-state index is -4.62. The molecule has 1 amide bonds. The van der Waals surface area contributed by atoms with E-state index >= 15 is 8.78 Å². The molecule has 4 aliphatic heterocycles. The third kappa shape index (κ3) is 8.23. The van der Waals surface area contributed by atoms with Gasteiger partial charge in [0.05, 0.1) is 36.4 Å². The van der Waals surface area contributed by atoms with E-state index in [1.54, 1.807) is 41.1 Å². The highest BCUT2D eigenvalue weighted by molar-refractivity contribution is 6.06. The number of esters is 1. The molecule has 1 N–H and O–H groups in total. The lowest BCUT2D eigenvalue weighted by Gasteiger charge is -2.45. The number of rotatable bonds is 6. The summed E-state index contributed by atoms with van der Waals surface area (Å²) in [5.41, 5.74) is 0.583. The minimum absolute atomic E-state index is 0.0104. The van der Waals surface area contributed by atoms with E-state index in [2.05, 4.69) is 16.8 Å². The standard InChI is InChI=1S/C43H56F2N4O9/c1-10-32-42(7)37-25(4)33(46-17-18-49(37)41(53)58-42)24(3)35(54-19-13-14-28-21-29-15-11-12-16-30(29)47-22-28)26(5)36(27(6)38(51)43(44,45)40(52)56-32)57-39-34(50)31(48(8)9)20-23(2)55-39/h11-12,15-16,21-27,31-32,34-37,39,50H,10,17-20H2,1-9H3/t23-,24+,25+,26+,27-,31+,32-,34-,35+,36+,37?,39+,42-/m1/s1. The van der Waals surface area contributed by atoms with Crippen LogP contribution in [0.1, 0.15) is 66.9 Å². The van der Waals surface area contributed by atoms with Crippen molar-refractivity contribution in [1.29, 1.82) is 0 Å². The van der Waals surface area contributed by atoms with Gasteiger partial charge in [0.25, 0.3) is 0 Å². The average Bonchev–Trinajstić information content (AvgIpc) is 3.31. The number of ketones is 1. The van der Waals surface area contributed by atoms with Crippen LogP contribution in [0.3, 0.4) is 0 Å². The number of halogens is 2. The van der Waals surface area contributed by atoms with Gasteiger partial charge in [-0.05, 0) is 52.9 Å². The van der Waals surface area contributed by atoms with Crippen LogP contribution in [0.25, 0.3) is 10.9 Å². The quantitative estimate of drug-likeness (QED) is 0.241. The Labute approximate surface area is 338 Å². The van der Waals surface area contributed by atoms with Crippen molar-refractivity contribution in [3.63, 3.8) is 0 Å². The van der Waals surface area contributed by atoms with Gasteiger partial charge in [0.15, 0.2) is 11.9 Å². The predicted molar refractivity (Wildman–Crippen MR) is 210 cm³/mol. The number of alkyl halides is 2. The first-order chi connectivity index (χ1) is 27.4. The van der Waals surface area contributed by atoms with E-state index < -0.39 is 95.8 Å². The van der Waals surface area contributed by atoms with Crippen molar-refractivity contribution in [2.75, 3.05) is 33.8 Å². The third-order valence-corrected chi connectivity index (χ3v) is 12.5. The zero-order valence-corrected chi connectivity index (χ0v) is 34.7. The number of carbonyl (C=O) groups excluding carboxylic acids is 3. The topological polar surface area (TPSA) is 149 Å². The molecule has 2 bridgehead atoms. The maximum Gasteiger partial charge on any atom is 0.410 e. The largest absolute Gasteiger partial charge is 0.453 e. The Kier molecular flexibility index (Phi) is 12.9. The number of hydrogen-bond acceptors (Lipinski definition) is 12. The maximum atomic E-state index is 16.3. The predicted octanol–water partition coefficient (Wildman–Crippen LogP) is 4.90. The zero-order chi connectivity index (χ0) is 42.3. The van der Waals surface area contributed by atoms with Crippen LogP contribution in [0.2, 0.25) is 0 Å². The summed E-state index contributed by atoms with van der Waals surface area (Å²) in [5, 5.41) is 12.4. The molecular weight excluding hydrogens is 754 g/mol. The summed E-state index contributed by atoms with van der Waals surface area (Å²) in [6, 6.07) is 8.40. The van der Waals surface area contributed by atoms with Crippen LogP contribution in [0, 0.1) is 35.5 Å². The van der Waals surface area contributed by atoms with E-state index in [0.717, 1.165) is 10.9 Å². The normalized spacial score (nSPS) is 36.9. The van der Waals surface area contributed by atoms with Crippen molar-refractivity contribution in [2.24, 2.45) is 28.7 Å². The Morgan fingerprint density at radius 1 is 1.05 bits per heavy atom. The summed E-state index contributed by atoms with van der Waals surface area (Å²) in [6.07, 6.45) is -5.03. The van der Waals surface area contributed by atoms with Gasteiger partial charge in [0.2, 0.25) is 5.78 Å². The lowest BCUT2D eigenvalue weighted by Crippen LogP contribution is -2.60. The molecule has 316 valence electrons. The number of likely N-dealkylation sites (N-methyl/N-ethyl adjacent to an activating group) is 1. The van der Waals surface area contributed by atoms with Gasteiger partial charge in [-0.15, -0.1) is 0 Å². The molecule has 15 heteroatoms. The molecule has 4 aliphatic rings. The summed E-state index contributed by atoms with van der Waals surface area (Å²) >= 11 is 0. The van der Waals surface area contributed by atoms with Crippen molar-refractivity contribution >= 4 is 34.5 Å². The Hall–Kier alpha value is -4.07. The Morgan fingerprint density at radius 3 is 2.48 bits per heavy atom. The molecule has 5 heterocycles. The number of aliphatic imine (C=N–C) groups is 1. The van der Waals surface area contributed by atoms with Crippen LogP contribution in [-0.4, -0.2) is 138 Å². The Balaban J connectivity index is 1.44.